The molecule has 1 aliphatic rings. The molecule has 2 heterocycles. The molecule has 0 saturated heterocycles. The fourth-order valence-electron chi connectivity index (χ4n) is 1.06. The third-order valence-corrected chi connectivity index (χ3v) is 1.59. The molecule has 2 heteroatoms. The van der Waals surface area contributed by atoms with Crippen molar-refractivity contribution in [1.29, 1.82) is 0 Å². The van der Waals surface area contributed by atoms with Crippen LogP contribution in [0.3, 0.4) is 0 Å². The van der Waals surface area contributed by atoms with Crippen LogP contribution in [0.15, 0.2) is 35.6 Å². The van der Waals surface area contributed by atoms with Crippen LogP contribution in [0.25, 0.3) is 6.08 Å². The molecule has 0 amide bonds. The van der Waals surface area contributed by atoms with Gasteiger partial charge in [-0.25, -0.2) is 9.98 Å². The Hall–Kier alpha value is -1.44. The summed E-state index contributed by atoms with van der Waals surface area (Å²) in [7, 11) is 0. The van der Waals surface area contributed by atoms with Crippen LogP contribution in [0.5, 0.6) is 0 Å². The number of pyridine rings is 1. The zero-order chi connectivity index (χ0) is 9.52. The van der Waals surface area contributed by atoms with E-state index in [1.54, 1.807) is 12.4 Å². The molecule has 1 aliphatic heterocycles. The predicted octanol–water partition coefficient (Wildman–Crippen LogP) is 1.43. The van der Waals surface area contributed by atoms with Crippen molar-refractivity contribution >= 4 is 6.08 Å². The van der Waals surface area contributed by atoms with Crippen LogP contribution in [0.1, 0.15) is 20.3 Å². The molecular formula is C11H14N2. The Morgan fingerprint density at radius 1 is 1.31 bits per heavy atom. The first kappa shape index (κ1) is 9.65. The minimum atomic E-state index is 0.821. The molecule has 0 bridgehead atoms. The Bertz CT molecular complexity index is 391. The molecule has 0 atom stereocenters. The van der Waals surface area contributed by atoms with E-state index in [4.69, 9.17) is 0 Å². The number of hydrogen-bond acceptors (Lipinski definition) is 2. The third-order valence-electron chi connectivity index (χ3n) is 1.59. The summed E-state index contributed by atoms with van der Waals surface area (Å²) in [5.41, 5.74) is 0.821. The molecule has 0 spiro atoms. The highest BCUT2D eigenvalue weighted by molar-refractivity contribution is 5.25. The van der Waals surface area contributed by atoms with E-state index in [1.165, 1.54) is 0 Å². The highest BCUT2D eigenvalue weighted by atomic mass is 14.8. The zero-order valence-corrected chi connectivity index (χ0v) is 8.07. The highest BCUT2D eigenvalue weighted by Crippen LogP contribution is 1.86. The van der Waals surface area contributed by atoms with Gasteiger partial charge in [-0.05, 0) is 18.6 Å². The molecule has 13 heavy (non-hydrogen) atoms. The summed E-state index contributed by atoms with van der Waals surface area (Å²) in [5, 5.41) is 1.12. The minimum Gasteiger partial charge on any atom is -0.237 e. The lowest BCUT2D eigenvalue weighted by atomic mass is 10.3. The molecule has 0 aromatic carbocycles. The van der Waals surface area contributed by atoms with Gasteiger partial charge < -0.3 is 0 Å². The average Bonchev–Trinajstić information content (AvgIpc) is 2.45. The van der Waals surface area contributed by atoms with Crippen LogP contribution in [0.2, 0.25) is 0 Å². The first-order valence-electron chi connectivity index (χ1n) is 4.61. The first-order chi connectivity index (χ1) is 6.47. The van der Waals surface area contributed by atoms with Crippen LogP contribution in [-0.4, -0.2) is 4.98 Å². The molecular weight excluding hydrogens is 160 g/mol. The molecule has 0 unspecified atom stereocenters. The summed E-state index contributed by atoms with van der Waals surface area (Å²) >= 11 is 0. The Balaban J connectivity index is 0.000000396. The van der Waals surface area contributed by atoms with Crippen molar-refractivity contribution in [1.82, 2.24) is 4.98 Å². The Labute approximate surface area is 78.4 Å². The summed E-state index contributed by atoms with van der Waals surface area (Å²) in [6.07, 6.45) is 8.64. The smallest absolute Gasteiger partial charge is 0.158 e. The summed E-state index contributed by atoms with van der Waals surface area (Å²) in [6, 6.07) is 3.95. The molecule has 2 rings (SSSR count). The first-order valence-corrected chi connectivity index (χ1v) is 4.61. The molecule has 68 valence electrons. The number of aromatic nitrogens is 1. The van der Waals surface area contributed by atoms with Crippen molar-refractivity contribution < 1.29 is 0 Å². The number of hydrogen-bond donors (Lipinski definition) is 0. The number of rotatable bonds is 0. The minimum absolute atomic E-state index is 0.821. The van der Waals surface area contributed by atoms with Gasteiger partial charge in [-0.1, -0.05) is 26.0 Å². The van der Waals surface area contributed by atoms with E-state index in [0.717, 1.165) is 17.1 Å². The van der Waals surface area contributed by atoms with E-state index in [-0.39, 0.29) is 0 Å². The van der Waals surface area contributed by atoms with Crippen molar-refractivity contribution in [3.63, 3.8) is 0 Å². The summed E-state index contributed by atoms with van der Waals surface area (Å²) in [4.78, 5) is 8.29. The van der Waals surface area contributed by atoms with Gasteiger partial charge in [0.25, 0.3) is 0 Å². The fraction of sp³-hybridized carbons (Fsp3) is 0.273. The van der Waals surface area contributed by atoms with Crippen LogP contribution < -0.4 is 10.7 Å². The second-order valence-electron chi connectivity index (χ2n) is 2.37. The highest BCUT2D eigenvalue weighted by Gasteiger charge is 1.86. The molecule has 0 N–H and O–H groups in total. The van der Waals surface area contributed by atoms with Gasteiger partial charge in [-0.15, -0.1) is 0 Å². The van der Waals surface area contributed by atoms with E-state index in [9.17, 15) is 0 Å². The van der Waals surface area contributed by atoms with Gasteiger partial charge in [0.1, 0.15) is 0 Å². The van der Waals surface area contributed by atoms with Crippen LogP contribution in [-0.2, 0) is 0 Å². The Kier molecular flexibility index (Phi) is 3.89. The lowest BCUT2D eigenvalue weighted by molar-refractivity contribution is 1.12. The predicted molar refractivity (Wildman–Crippen MR) is 54.6 cm³/mol. The molecule has 0 fully saturated rings. The fourth-order valence-corrected chi connectivity index (χ4v) is 1.06. The number of allylic oxidation sites excluding steroid dienone is 1. The summed E-state index contributed by atoms with van der Waals surface area (Å²) in [5.74, 6) is 0. The molecule has 0 saturated carbocycles. The van der Waals surface area contributed by atoms with Crippen LogP contribution >= 0.6 is 0 Å². The lowest BCUT2D eigenvalue weighted by Gasteiger charge is -1.83. The van der Waals surface area contributed by atoms with Gasteiger partial charge in [0.2, 0.25) is 0 Å². The quantitative estimate of drug-likeness (QED) is 0.584. The SMILES string of the molecule is C1=CN=c2ncccc2=CC1.CC. The van der Waals surface area contributed by atoms with Crippen molar-refractivity contribution in [3.05, 3.63) is 41.3 Å². The summed E-state index contributed by atoms with van der Waals surface area (Å²) < 4.78 is 0. The second kappa shape index (κ2) is 5.25. The van der Waals surface area contributed by atoms with Crippen molar-refractivity contribution in [3.8, 4) is 0 Å². The molecule has 1 aromatic heterocycles. The molecule has 2 nitrogen and oxygen atoms in total. The largest absolute Gasteiger partial charge is 0.237 e. The maximum absolute atomic E-state index is 4.16. The van der Waals surface area contributed by atoms with Crippen molar-refractivity contribution in [2.24, 2.45) is 4.99 Å². The van der Waals surface area contributed by atoms with Crippen molar-refractivity contribution in [2.45, 2.75) is 20.3 Å². The Morgan fingerprint density at radius 2 is 2.15 bits per heavy atom. The third kappa shape index (κ3) is 2.51. The average molecular weight is 174 g/mol. The van der Waals surface area contributed by atoms with Gasteiger partial charge in [-0.3, -0.25) is 0 Å². The molecule has 0 aliphatic carbocycles. The second-order valence-corrected chi connectivity index (χ2v) is 2.37. The lowest BCUT2D eigenvalue weighted by Crippen LogP contribution is -2.26. The van der Waals surface area contributed by atoms with E-state index in [2.05, 4.69) is 16.1 Å². The zero-order valence-electron chi connectivity index (χ0n) is 8.07. The van der Waals surface area contributed by atoms with E-state index < -0.39 is 0 Å². The van der Waals surface area contributed by atoms with Gasteiger partial charge in [-0.2, -0.15) is 0 Å². The van der Waals surface area contributed by atoms with E-state index >= 15 is 0 Å². The van der Waals surface area contributed by atoms with Gasteiger partial charge in [0, 0.05) is 17.6 Å². The van der Waals surface area contributed by atoms with Gasteiger partial charge in [0.05, 0.1) is 0 Å². The van der Waals surface area contributed by atoms with Gasteiger partial charge >= 0.3 is 0 Å². The maximum atomic E-state index is 4.16. The molecule has 1 aromatic rings. The van der Waals surface area contributed by atoms with Crippen LogP contribution in [0.4, 0.5) is 0 Å². The Morgan fingerprint density at radius 3 is 3.00 bits per heavy atom. The maximum Gasteiger partial charge on any atom is 0.158 e. The monoisotopic (exact) mass is 174 g/mol. The van der Waals surface area contributed by atoms with E-state index in [1.807, 2.05) is 32.1 Å². The van der Waals surface area contributed by atoms with Crippen molar-refractivity contribution in [2.75, 3.05) is 0 Å². The van der Waals surface area contributed by atoms with E-state index in [0.29, 0.717) is 0 Å². The van der Waals surface area contributed by atoms with Gasteiger partial charge in [0.15, 0.2) is 5.49 Å². The summed E-state index contributed by atoms with van der Waals surface area (Å²) in [6.45, 7) is 4.00. The number of nitrogens with zero attached hydrogens (tertiary/aromatic N) is 2. The standard InChI is InChI=1S/C9H8N2.C2H6/c1-2-6-10-9-8(4-1)5-3-7-11-9;1-2/h2-7H,1H2;1-2H3. The normalized spacial score (nSPS) is 12.5. The topological polar surface area (TPSA) is 25.2 Å². The van der Waals surface area contributed by atoms with Crippen LogP contribution in [0, 0.1) is 0 Å². The number of fused-ring (bicyclic) bond motifs is 1. The molecule has 0 radical (unpaired) electrons.